The molecule has 0 aliphatic rings. The first-order chi connectivity index (χ1) is 12.6. The van der Waals surface area contributed by atoms with Crippen molar-refractivity contribution < 1.29 is 19.1 Å². The number of primary amides is 1. The standard InChI is InChI=1S/C18H14N4O4/c1-25-17(23)9-5-6-10-11(8-20-13(10)7-9)16-21-12-3-2-4-14(15(12)22-16)26-18(19)24/h2-8,20H,1H3,(H2,19,24)(H,21,22). The molecule has 0 fully saturated rings. The number of rotatable bonds is 3. The Morgan fingerprint density at radius 3 is 2.77 bits per heavy atom. The van der Waals surface area contributed by atoms with Gasteiger partial charge in [-0.05, 0) is 24.3 Å². The fraction of sp³-hybridized carbons (Fsp3) is 0.0556. The van der Waals surface area contributed by atoms with Gasteiger partial charge in [0.2, 0.25) is 0 Å². The third-order valence-corrected chi connectivity index (χ3v) is 4.04. The Morgan fingerprint density at radius 1 is 1.15 bits per heavy atom. The van der Waals surface area contributed by atoms with Gasteiger partial charge in [-0.3, -0.25) is 0 Å². The van der Waals surface area contributed by atoms with Crippen molar-refractivity contribution in [2.24, 2.45) is 5.73 Å². The molecule has 0 aliphatic carbocycles. The SMILES string of the molecule is COC(=O)c1ccc2c(-c3nc4c(OC(N)=O)cccc4[nH]3)c[nH]c2c1. The van der Waals surface area contributed by atoms with Gasteiger partial charge >= 0.3 is 12.1 Å². The molecule has 2 aromatic carbocycles. The summed E-state index contributed by atoms with van der Waals surface area (Å²) >= 11 is 0. The van der Waals surface area contributed by atoms with Gasteiger partial charge in [-0.25, -0.2) is 14.6 Å². The predicted molar refractivity (Wildman–Crippen MR) is 94.9 cm³/mol. The number of fused-ring (bicyclic) bond motifs is 2. The average Bonchev–Trinajstić information content (AvgIpc) is 3.24. The zero-order valence-electron chi connectivity index (χ0n) is 13.7. The summed E-state index contributed by atoms with van der Waals surface area (Å²) in [5.74, 6) is 0.475. The molecule has 2 aromatic heterocycles. The number of nitrogens with zero attached hydrogens (tertiary/aromatic N) is 1. The Hall–Kier alpha value is -3.81. The molecule has 0 aliphatic heterocycles. The normalized spacial score (nSPS) is 11.0. The van der Waals surface area contributed by atoms with Gasteiger partial charge < -0.3 is 25.2 Å². The van der Waals surface area contributed by atoms with Crippen LogP contribution in [0.25, 0.3) is 33.3 Å². The number of ether oxygens (including phenoxy) is 2. The van der Waals surface area contributed by atoms with Crippen LogP contribution in [0.1, 0.15) is 10.4 Å². The molecule has 0 radical (unpaired) electrons. The number of amides is 1. The maximum Gasteiger partial charge on any atom is 0.410 e. The van der Waals surface area contributed by atoms with Gasteiger partial charge in [-0.1, -0.05) is 12.1 Å². The lowest BCUT2D eigenvalue weighted by molar-refractivity contribution is 0.0601. The van der Waals surface area contributed by atoms with Gasteiger partial charge in [0.25, 0.3) is 0 Å². The smallest absolute Gasteiger partial charge is 0.410 e. The Labute approximate surface area is 146 Å². The number of carbonyl (C=O) groups excluding carboxylic acids is 2. The number of para-hydroxylation sites is 1. The average molecular weight is 350 g/mol. The summed E-state index contributed by atoms with van der Waals surface area (Å²) in [6.07, 6.45) is 0.891. The summed E-state index contributed by atoms with van der Waals surface area (Å²) < 4.78 is 9.74. The first kappa shape index (κ1) is 15.7. The number of hydrogen-bond donors (Lipinski definition) is 3. The molecule has 0 atom stereocenters. The largest absolute Gasteiger partial charge is 0.465 e. The molecule has 8 heteroatoms. The highest BCUT2D eigenvalue weighted by Gasteiger charge is 2.15. The van der Waals surface area contributed by atoms with Crippen LogP contribution in [0.3, 0.4) is 0 Å². The van der Waals surface area contributed by atoms with Crippen LogP contribution in [-0.2, 0) is 4.74 Å². The molecule has 0 saturated heterocycles. The van der Waals surface area contributed by atoms with Crippen molar-refractivity contribution in [1.82, 2.24) is 15.0 Å². The predicted octanol–water partition coefficient (Wildman–Crippen LogP) is 2.96. The minimum absolute atomic E-state index is 0.283. The van der Waals surface area contributed by atoms with Gasteiger partial charge in [0, 0.05) is 22.7 Å². The van der Waals surface area contributed by atoms with E-state index in [4.69, 9.17) is 15.2 Å². The van der Waals surface area contributed by atoms with E-state index in [1.807, 2.05) is 12.1 Å². The number of esters is 1. The first-order valence-corrected chi connectivity index (χ1v) is 7.72. The Bertz CT molecular complexity index is 1160. The summed E-state index contributed by atoms with van der Waals surface area (Å²) in [7, 11) is 1.34. The maximum atomic E-state index is 11.7. The number of imidazole rings is 1. The fourth-order valence-electron chi connectivity index (χ4n) is 2.89. The third kappa shape index (κ3) is 2.53. The van der Waals surface area contributed by atoms with E-state index in [1.54, 1.807) is 30.5 Å². The van der Waals surface area contributed by atoms with Crippen LogP contribution in [0.4, 0.5) is 4.79 Å². The van der Waals surface area contributed by atoms with Crippen molar-refractivity contribution in [2.75, 3.05) is 7.11 Å². The summed E-state index contributed by atoms with van der Waals surface area (Å²) in [5.41, 5.74) is 8.35. The molecule has 4 N–H and O–H groups in total. The highest BCUT2D eigenvalue weighted by molar-refractivity contribution is 6.00. The van der Waals surface area contributed by atoms with Crippen molar-refractivity contribution >= 4 is 34.0 Å². The number of carbonyl (C=O) groups is 2. The molecule has 0 saturated carbocycles. The molecule has 8 nitrogen and oxygen atoms in total. The van der Waals surface area contributed by atoms with Gasteiger partial charge in [0.1, 0.15) is 11.3 Å². The lowest BCUT2D eigenvalue weighted by atomic mass is 10.1. The zero-order chi connectivity index (χ0) is 18.3. The van der Waals surface area contributed by atoms with Gasteiger partial charge in [-0.15, -0.1) is 0 Å². The summed E-state index contributed by atoms with van der Waals surface area (Å²) in [4.78, 5) is 33.6. The van der Waals surface area contributed by atoms with Gasteiger partial charge in [0.05, 0.1) is 18.2 Å². The van der Waals surface area contributed by atoms with Crippen LogP contribution in [-0.4, -0.2) is 34.1 Å². The lowest BCUT2D eigenvalue weighted by Crippen LogP contribution is -2.16. The van der Waals surface area contributed by atoms with Crippen LogP contribution in [0.5, 0.6) is 5.75 Å². The fourth-order valence-corrected chi connectivity index (χ4v) is 2.89. The van der Waals surface area contributed by atoms with E-state index in [2.05, 4.69) is 15.0 Å². The summed E-state index contributed by atoms with van der Waals surface area (Å²) in [5, 5.41) is 0.883. The number of aromatic nitrogens is 3. The number of hydrogen-bond acceptors (Lipinski definition) is 5. The van der Waals surface area contributed by atoms with E-state index < -0.39 is 12.1 Å². The van der Waals surface area contributed by atoms with E-state index in [0.717, 1.165) is 16.5 Å². The number of nitrogens with one attached hydrogen (secondary N) is 2. The first-order valence-electron chi connectivity index (χ1n) is 7.72. The number of aromatic amines is 2. The molecule has 0 unspecified atom stereocenters. The Morgan fingerprint density at radius 2 is 2.00 bits per heavy atom. The molecule has 1 amide bonds. The molecule has 130 valence electrons. The summed E-state index contributed by atoms with van der Waals surface area (Å²) in [6.45, 7) is 0. The van der Waals surface area contributed by atoms with Crippen LogP contribution in [0.15, 0.2) is 42.6 Å². The molecule has 4 aromatic rings. The number of H-pyrrole nitrogens is 2. The summed E-state index contributed by atoms with van der Waals surface area (Å²) in [6, 6.07) is 10.4. The van der Waals surface area contributed by atoms with E-state index in [1.165, 1.54) is 7.11 Å². The van der Waals surface area contributed by atoms with E-state index in [-0.39, 0.29) is 5.75 Å². The number of methoxy groups -OCH3 is 1. The third-order valence-electron chi connectivity index (χ3n) is 4.04. The van der Waals surface area contributed by atoms with Gasteiger partial charge in [-0.2, -0.15) is 0 Å². The lowest BCUT2D eigenvalue weighted by Gasteiger charge is -2.00. The van der Waals surface area contributed by atoms with Crippen LogP contribution in [0.2, 0.25) is 0 Å². The molecule has 0 bridgehead atoms. The number of benzene rings is 2. The minimum atomic E-state index is -0.899. The molecule has 4 rings (SSSR count). The van der Waals surface area contributed by atoms with Crippen molar-refractivity contribution in [3.8, 4) is 17.1 Å². The molecule has 0 spiro atoms. The van der Waals surface area contributed by atoms with Crippen molar-refractivity contribution in [2.45, 2.75) is 0 Å². The van der Waals surface area contributed by atoms with E-state index >= 15 is 0 Å². The highest BCUT2D eigenvalue weighted by Crippen LogP contribution is 2.31. The van der Waals surface area contributed by atoms with Crippen molar-refractivity contribution in [3.05, 3.63) is 48.2 Å². The maximum absolute atomic E-state index is 11.7. The monoisotopic (exact) mass is 350 g/mol. The quantitative estimate of drug-likeness (QED) is 0.490. The van der Waals surface area contributed by atoms with E-state index in [9.17, 15) is 9.59 Å². The van der Waals surface area contributed by atoms with Crippen molar-refractivity contribution in [1.29, 1.82) is 0 Å². The number of nitrogens with two attached hydrogens (primary N) is 1. The van der Waals surface area contributed by atoms with E-state index in [0.29, 0.717) is 22.4 Å². The van der Waals surface area contributed by atoms with Crippen LogP contribution in [0, 0.1) is 0 Å². The Kier molecular flexibility index (Phi) is 3.58. The molecule has 26 heavy (non-hydrogen) atoms. The zero-order valence-corrected chi connectivity index (χ0v) is 13.7. The second kappa shape index (κ2) is 5.92. The molecular formula is C18H14N4O4. The highest BCUT2D eigenvalue weighted by atomic mass is 16.5. The molecule has 2 heterocycles. The minimum Gasteiger partial charge on any atom is -0.465 e. The van der Waals surface area contributed by atoms with Crippen LogP contribution < -0.4 is 10.5 Å². The second-order valence-corrected chi connectivity index (χ2v) is 5.61. The Balaban J connectivity index is 1.82. The van der Waals surface area contributed by atoms with Gasteiger partial charge in [0.15, 0.2) is 5.75 Å². The van der Waals surface area contributed by atoms with Crippen LogP contribution >= 0.6 is 0 Å². The molecular weight excluding hydrogens is 336 g/mol. The second-order valence-electron chi connectivity index (χ2n) is 5.61. The topological polar surface area (TPSA) is 123 Å². The van der Waals surface area contributed by atoms with Crippen molar-refractivity contribution in [3.63, 3.8) is 0 Å².